The van der Waals surface area contributed by atoms with Gasteiger partial charge in [-0.1, -0.05) is 51.1 Å². The van der Waals surface area contributed by atoms with Gasteiger partial charge in [0, 0.05) is 29.6 Å². The summed E-state index contributed by atoms with van der Waals surface area (Å²) >= 11 is 0. The van der Waals surface area contributed by atoms with Gasteiger partial charge < -0.3 is 23.9 Å². The second-order valence-corrected chi connectivity index (χ2v) is 14.3. The summed E-state index contributed by atoms with van der Waals surface area (Å²) < 4.78 is 21.0. The van der Waals surface area contributed by atoms with Gasteiger partial charge in [-0.25, -0.2) is 4.79 Å². The molecule has 7 rings (SSSR count). The molecule has 5 aliphatic rings. The van der Waals surface area contributed by atoms with Crippen LogP contribution in [0.1, 0.15) is 64.0 Å². The average Bonchev–Trinajstić information content (AvgIpc) is 3.28. The lowest BCUT2D eigenvalue weighted by atomic mass is 9.59. The van der Waals surface area contributed by atoms with Crippen LogP contribution in [0.25, 0.3) is 10.9 Å². The molecule has 4 aliphatic carbocycles. The smallest absolute Gasteiger partial charge is 0.341 e. The molecule has 1 aromatic heterocycles. The van der Waals surface area contributed by atoms with E-state index in [1.165, 1.54) is 0 Å². The van der Waals surface area contributed by atoms with Crippen molar-refractivity contribution in [3.05, 3.63) is 58.8 Å². The van der Waals surface area contributed by atoms with Crippen LogP contribution in [0.5, 0.6) is 0 Å². The first-order valence-corrected chi connectivity index (χ1v) is 14.9. The van der Waals surface area contributed by atoms with E-state index in [9.17, 15) is 14.7 Å². The van der Waals surface area contributed by atoms with Gasteiger partial charge in [-0.2, -0.15) is 0 Å². The zero-order valence-corrected chi connectivity index (χ0v) is 25.3. The lowest BCUT2D eigenvalue weighted by molar-refractivity contribution is -0.302. The maximum absolute atomic E-state index is 14.9. The normalized spacial score (nSPS) is 40.0. The highest BCUT2D eigenvalue weighted by Crippen LogP contribution is 2.72. The average molecular weight is 560 g/mol. The van der Waals surface area contributed by atoms with Crippen LogP contribution >= 0.6 is 0 Å². The highest BCUT2D eigenvalue weighted by molar-refractivity contribution is 6.06. The summed E-state index contributed by atoms with van der Waals surface area (Å²) in [6, 6.07) is 7.74. The molecular formula is C34H41NO6. The van der Waals surface area contributed by atoms with Gasteiger partial charge in [-0.15, -0.1) is 0 Å². The number of aryl methyl sites for hydroxylation is 1. The summed E-state index contributed by atoms with van der Waals surface area (Å²) in [5, 5.41) is 14.1. The number of benzene rings is 1. The number of nitrogens with zero attached hydrogens (tertiary/aromatic N) is 1. The number of carbonyl (C=O) groups is 2. The molecule has 2 bridgehead atoms. The number of fused-ring (bicyclic) bond motifs is 6. The van der Waals surface area contributed by atoms with E-state index < -0.39 is 35.0 Å². The first-order valence-electron chi connectivity index (χ1n) is 14.9. The molecule has 8 atom stereocenters. The number of allylic oxidation sites excluding steroid dienone is 1. The minimum atomic E-state index is -1.83. The fourth-order valence-corrected chi connectivity index (χ4v) is 9.24. The first kappa shape index (κ1) is 27.1. The van der Waals surface area contributed by atoms with Crippen LogP contribution in [0.3, 0.4) is 0 Å². The summed E-state index contributed by atoms with van der Waals surface area (Å²) in [6.07, 6.45) is 2.83. The molecule has 1 saturated heterocycles. The van der Waals surface area contributed by atoms with Crippen LogP contribution in [-0.2, 0) is 26.1 Å². The highest BCUT2D eigenvalue weighted by atomic mass is 16.7. The molecule has 1 spiro atoms. The van der Waals surface area contributed by atoms with Crippen molar-refractivity contribution in [1.82, 2.24) is 4.57 Å². The number of hydrogen-bond donors (Lipinski definition) is 1. The molecule has 1 aromatic carbocycles. The fraction of sp³-hybridized carbons (Fsp3) is 0.588. The molecule has 7 heteroatoms. The summed E-state index contributed by atoms with van der Waals surface area (Å²) in [7, 11) is 1.93. The van der Waals surface area contributed by atoms with Gasteiger partial charge >= 0.3 is 5.97 Å². The minimum Gasteiger partial charge on any atom is -0.451 e. The van der Waals surface area contributed by atoms with E-state index in [0.717, 1.165) is 28.6 Å². The van der Waals surface area contributed by atoms with Crippen molar-refractivity contribution >= 4 is 22.7 Å². The third kappa shape index (κ3) is 3.26. The Morgan fingerprint density at radius 1 is 1.15 bits per heavy atom. The number of ketones is 1. The van der Waals surface area contributed by atoms with Crippen LogP contribution < -0.4 is 0 Å². The molecule has 2 saturated carbocycles. The molecule has 2 unspecified atom stereocenters. The number of Topliss-reactive ketones (excluding diaryl/α,β-unsaturated/α-hetero) is 1. The maximum atomic E-state index is 14.9. The Balaban J connectivity index is 1.39. The molecule has 2 aromatic rings. The first-order chi connectivity index (χ1) is 19.2. The van der Waals surface area contributed by atoms with Gasteiger partial charge in [-0.3, -0.25) is 4.79 Å². The minimum absolute atomic E-state index is 0.00752. The van der Waals surface area contributed by atoms with Gasteiger partial charge in [-0.05, 0) is 74.5 Å². The maximum Gasteiger partial charge on any atom is 0.341 e. The Labute approximate surface area is 241 Å². The van der Waals surface area contributed by atoms with Crippen molar-refractivity contribution in [3.8, 4) is 0 Å². The van der Waals surface area contributed by atoms with Crippen molar-refractivity contribution in [2.24, 2.45) is 41.5 Å². The Hall–Kier alpha value is -2.74. The van der Waals surface area contributed by atoms with E-state index in [-0.39, 0.29) is 35.6 Å². The molecule has 0 amide bonds. The van der Waals surface area contributed by atoms with Crippen LogP contribution in [0.4, 0.5) is 0 Å². The number of rotatable bonds is 2. The predicted octanol–water partition coefficient (Wildman–Crippen LogP) is 5.28. The molecular weight excluding hydrogens is 518 g/mol. The van der Waals surface area contributed by atoms with E-state index in [0.29, 0.717) is 17.1 Å². The number of esters is 1. The quantitative estimate of drug-likeness (QED) is 0.398. The summed E-state index contributed by atoms with van der Waals surface area (Å²) in [6.45, 7) is 14.2. The topological polar surface area (TPSA) is 87.0 Å². The standard InChI is InChI=1S/C34H41NO6/c1-17-15-33-18(2)13-23-26(31(23,4)5)22(27(33)36)14-20-16-39-32(6,7)41-29(20)34(33,38)28(17)40-30(37)25-19(3)35(8)24-12-10-9-11-21(24)25/h9-12,14-15,18,22-23,26,28-29,38H,13,16H2,1-8H3/t18?,22-,23+,26+,28-,29+,33?,34+/m0/s1. The van der Waals surface area contributed by atoms with Crippen LogP contribution in [0.2, 0.25) is 0 Å². The van der Waals surface area contributed by atoms with Gasteiger partial charge in [0.2, 0.25) is 0 Å². The van der Waals surface area contributed by atoms with Crippen molar-refractivity contribution in [2.75, 3.05) is 6.61 Å². The van der Waals surface area contributed by atoms with E-state index in [2.05, 4.69) is 20.8 Å². The van der Waals surface area contributed by atoms with Crippen LogP contribution in [0, 0.1) is 41.4 Å². The lowest BCUT2D eigenvalue weighted by Crippen LogP contribution is -2.68. The van der Waals surface area contributed by atoms with E-state index in [1.807, 2.05) is 75.7 Å². The Morgan fingerprint density at radius 2 is 1.85 bits per heavy atom. The van der Waals surface area contributed by atoms with Gasteiger partial charge in [0.15, 0.2) is 23.3 Å². The monoisotopic (exact) mass is 559 g/mol. The molecule has 3 fully saturated rings. The Kier molecular flexibility index (Phi) is 5.43. The van der Waals surface area contributed by atoms with Crippen molar-refractivity contribution < 1.29 is 28.9 Å². The highest BCUT2D eigenvalue weighted by Gasteiger charge is 2.77. The number of ether oxygens (including phenoxy) is 3. The zero-order chi connectivity index (χ0) is 29.4. The van der Waals surface area contributed by atoms with E-state index in [1.54, 1.807) is 0 Å². The molecule has 41 heavy (non-hydrogen) atoms. The second-order valence-electron chi connectivity index (χ2n) is 14.3. The predicted molar refractivity (Wildman–Crippen MR) is 154 cm³/mol. The number of hydrogen-bond acceptors (Lipinski definition) is 6. The summed E-state index contributed by atoms with van der Waals surface area (Å²) in [5.41, 5.74) is 0.565. The molecule has 1 N–H and O–H groups in total. The van der Waals surface area contributed by atoms with Crippen LogP contribution in [0.15, 0.2) is 47.6 Å². The molecule has 1 aliphatic heterocycles. The summed E-state index contributed by atoms with van der Waals surface area (Å²) in [5.74, 6) is -1.47. The summed E-state index contributed by atoms with van der Waals surface area (Å²) in [4.78, 5) is 29.0. The van der Waals surface area contributed by atoms with E-state index in [4.69, 9.17) is 14.2 Å². The molecule has 2 heterocycles. The van der Waals surface area contributed by atoms with Crippen LogP contribution in [-0.4, -0.2) is 51.6 Å². The molecule has 0 radical (unpaired) electrons. The van der Waals surface area contributed by atoms with Gasteiger partial charge in [0.05, 0.1) is 17.6 Å². The molecule has 7 nitrogen and oxygen atoms in total. The Bertz CT molecular complexity index is 1580. The Morgan fingerprint density at radius 3 is 2.59 bits per heavy atom. The van der Waals surface area contributed by atoms with Gasteiger partial charge in [0.1, 0.15) is 6.10 Å². The molecule has 218 valence electrons. The third-order valence-electron chi connectivity index (χ3n) is 11.5. The van der Waals surface area contributed by atoms with Crippen molar-refractivity contribution in [3.63, 3.8) is 0 Å². The lowest BCUT2D eigenvalue weighted by Gasteiger charge is -2.52. The van der Waals surface area contributed by atoms with E-state index >= 15 is 0 Å². The SMILES string of the molecule is CC1=CC23C(=O)[C@@H](C=C4COC(C)(C)O[C@H]4[C@]2(O)[C@H]1OC(=O)c1c(C)n(C)c2ccccc12)[C@@H]1[C@@H](CC3C)C1(C)C. The number of aromatic nitrogens is 1. The number of aliphatic hydroxyl groups is 1. The zero-order valence-electron chi connectivity index (χ0n) is 25.3. The van der Waals surface area contributed by atoms with Crippen molar-refractivity contribution in [1.29, 1.82) is 0 Å². The third-order valence-corrected chi connectivity index (χ3v) is 11.5. The van der Waals surface area contributed by atoms with Crippen molar-refractivity contribution in [2.45, 2.75) is 78.5 Å². The largest absolute Gasteiger partial charge is 0.451 e. The second kappa shape index (κ2) is 8.21. The number of para-hydroxylation sites is 1. The fourth-order valence-electron chi connectivity index (χ4n) is 9.24. The number of carbonyl (C=O) groups excluding carboxylic acids is 2. The van der Waals surface area contributed by atoms with Gasteiger partial charge in [0.25, 0.3) is 0 Å².